The number of nitrogens with two attached hydrogens (primary N) is 1. The fourth-order valence-corrected chi connectivity index (χ4v) is 2.22. The highest BCUT2D eigenvalue weighted by atomic mass is 16.5. The Kier molecular flexibility index (Phi) is 3.28. The first-order chi connectivity index (χ1) is 9.70. The molecule has 2 heterocycles. The van der Waals surface area contributed by atoms with Gasteiger partial charge in [0.2, 0.25) is 11.7 Å². The minimum Gasteiger partial charge on any atom is -0.464 e. The number of rotatable bonds is 4. The Bertz CT molecular complexity index is 717. The molecule has 0 aliphatic carbocycles. The molecular formula is C15H17N3O2. The van der Waals surface area contributed by atoms with Crippen LogP contribution in [0.1, 0.15) is 32.1 Å². The third-order valence-corrected chi connectivity index (χ3v) is 3.67. The number of para-hydroxylation sites is 1. The van der Waals surface area contributed by atoms with Gasteiger partial charge in [0, 0.05) is 11.4 Å². The molecule has 5 nitrogen and oxygen atoms in total. The lowest BCUT2D eigenvalue weighted by Crippen LogP contribution is -2.25. The Morgan fingerprint density at radius 3 is 2.90 bits per heavy atom. The lowest BCUT2D eigenvalue weighted by Gasteiger charge is -2.13. The molecule has 0 bridgehead atoms. The van der Waals surface area contributed by atoms with E-state index in [0.717, 1.165) is 23.0 Å². The highest BCUT2D eigenvalue weighted by Gasteiger charge is 2.21. The molecule has 104 valence electrons. The van der Waals surface area contributed by atoms with Gasteiger partial charge in [0.05, 0.1) is 11.5 Å². The van der Waals surface area contributed by atoms with Crippen molar-refractivity contribution in [3.8, 4) is 11.4 Å². The Hall–Kier alpha value is -2.14. The topological polar surface area (TPSA) is 78.1 Å². The predicted octanol–water partition coefficient (Wildman–Crippen LogP) is 3.32. The first-order valence-electron chi connectivity index (χ1n) is 6.76. The molecule has 2 unspecified atom stereocenters. The summed E-state index contributed by atoms with van der Waals surface area (Å²) < 4.78 is 10.8. The first kappa shape index (κ1) is 12.9. The van der Waals surface area contributed by atoms with Gasteiger partial charge >= 0.3 is 0 Å². The second-order valence-corrected chi connectivity index (χ2v) is 4.96. The van der Waals surface area contributed by atoms with Gasteiger partial charge in [0.25, 0.3) is 0 Å². The van der Waals surface area contributed by atoms with Crippen LogP contribution in [-0.2, 0) is 0 Å². The highest BCUT2D eigenvalue weighted by molar-refractivity contribution is 5.91. The Balaban J connectivity index is 1.98. The van der Waals surface area contributed by atoms with Crippen LogP contribution in [0.15, 0.2) is 39.5 Å². The number of hydrogen-bond acceptors (Lipinski definition) is 5. The molecule has 0 aliphatic heterocycles. The van der Waals surface area contributed by atoms with Crippen molar-refractivity contribution in [1.82, 2.24) is 10.1 Å². The summed E-state index contributed by atoms with van der Waals surface area (Å²) in [6.07, 6.45) is 2.53. The van der Waals surface area contributed by atoms with Gasteiger partial charge in [-0.05, 0) is 12.5 Å². The molecule has 3 rings (SSSR count). The number of hydrogen-bond donors (Lipinski definition) is 1. The maximum atomic E-state index is 6.02. The molecule has 0 fully saturated rings. The third kappa shape index (κ3) is 2.10. The van der Waals surface area contributed by atoms with E-state index in [4.69, 9.17) is 14.7 Å². The number of nitrogens with zero attached hydrogens (tertiary/aromatic N) is 2. The zero-order valence-corrected chi connectivity index (χ0v) is 11.5. The number of benzene rings is 1. The van der Waals surface area contributed by atoms with Crippen LogP contribution in [0.2, 0.25) is 0 Å². The summed E-state index contributed by atoms with van der Waals surface area (Å²) in [5, 5.41) is 5.02. The molecule has 2 aromatic heterocycles. The molecule has 0 aliphatic rings. The van der Waals surface area contributed by atoms with Crippen molar-refractivity contribution in [3.63, 3.8) is 0 Å². The number of aromatic nitrogens is 2. The van der Waals surface area contributed by atoms with Crippen molar-refractivity contribution in [2.75, 3.05) is 0 Å². The van der Waals surface area contributed by atoms with E-state index in [9.17, 15) is 0 Å². The highest BCUT2D eigenvalue weighted by Crippen LogP contribution is 2.29. The molecule has 0 saturated heterocycles. The van der Waals surface area contributed by atoms with Crippen LogP contribution in [0.5, 0.6) is 0 Å². The van der Waals surface area contributed by atoms with Gasteiger partial charge < -0.3 is 14.7 Å². The van der Waals surface area contributed by atoms with Crippen molar-refractivity contribution in [2.45, 2.75) is 32.2 Å². The Labute approximate surface area is 116 Å². The quantitative estimate of drug-likeness (QED) is 0.787. The summed E-state index contributed by atoms with van der Waals surface area (Å²) in [4.78, 5) is 4.45. The predicted molar refractivity (Wildman–Crippen MR) is 76.2 cm³/mol. The minimum atomic E-state index is 0.0180. The normalized spacial score (nSPS) is 14.6. The molecule has 5 heteroatoms. The van der Waals surface area contributed by atoms with Gasteiger partial charge in [0.15, 0.2) is 0 Å². The molecule has 0 saturated carbocycles. The number of furan rings is 1. The van der Waals surface area contributed by atoms with Crippen molar-refractivity contribution < 1.29 is 8.94 Å². The summed E-state index contributed by atoms with van der Waals surface area (Å²) in [5.74, 6) is 1.15. The van der Waals surface area contributed by atoms with Crippen LogP contribution in [0.4, 0.5) is 0 Å². The lowest BCUT2D eigenvalue weighted by molar-refractivity contribution is 0.340. The third-order valence-electron chi connectivity index (χ3n) is 3.67. The van der Waals surface area contributed by atoms with Crippen molar-refractivity contribution >= 4 is 11.0 Å². The fraction of sp³-hybridized carbons (Fsp3) is 0.333. The van der Waals surface area contributed by atoms with Gasteiger partial charge in [-0.25, -0.2) is 0 Å². The zero-order valence-electron chi connectivity index (χ0n) is 11.5. The van der Waals surface area contributed by atoms with E-state index in [1.165, 1.54) is 0 Å². The molecule has 0 radical (unpaired) electrons. The monoisotopic (exact) mass is 271 g/mol. The van der Waals surface area contributed by atoms with Crippen molar-refractivity contribution in [3.05, 3.63) is 36.4 Å². The van der Waals surface area contributed by atoms with Gasteiger partial charge in [-0.1, -0.05) is 37.2 Å². The Morgan fingerprint density at radius 1 is 1.30 bits per heavy atom. The van der Waals surface area contributed by atoms with E-state index in [1.807, 2.05) is 38.1 Å². The second-order valence-electron chi connectivity index (χ2n) is 4.96. The Morgan fingerprint density at radius 2 is 2.10 bits per heavy atom. The largest absolute Gasteiger partial charge is 0.464 e. The molecule has 2 atom stereocenters. The lowest BCUT2D eigenvalue weighted by atomic mass is 10.0. The summed E-state index contributed by atoms with van der Waals surface area (Å²) in [6, 6.07) is 7.79. The molecule has 2 N–H and O–H groups in total. The second kappa shape index (κ2) is 5.09. The van der Waals surface area contributed by atoms with Crippen LogP contribution in [0, 0.1) is 0 Å². The maximum absolute atomic E-state index is 6.02. The molecule has 0 spiro atoms. The van der Waals surface area contributed by atoms with Crippen LogP contribution in [0.25, 0.3) is 22.4 Å². The van der Waals surface area contributed by atoms with Gasteiger partial charge in [-0.3, -0.25) is 0 Å². The number of fused-ring (bicyclic) bond motifs is 1. The summed E-state index contributed by atoms with van der Waals surface area (Å²) >= 11 is 0. The average molecular weight is 271 g/mol. The zero-order chi connectivity index (χ0) is 14.1. The average Bonchev–Trinajstić information content (AvgIpc) is 3.11. The van der Waals surface area contributed by atoms with Crippen LogP contribution in [-0.4, -0.2) is 16.2 Å². The van der Waals surface area contributed by atoms with E-state index >= 15 is 0 Å². The van der Waals surface area contributed by atoms with E-state index in [-0.39, 0.29) is 12.0 Å². The fourth-order valence-electron chi connectivity index (χ4n) is 2.22. The van der Waals surface area contributed by atoms with Gasteiger partial charge in [0.1, 0.15) is 11.8 Å². The van der Waals surface area contributed by atoms with E-state index in [0.29, 0.717) is 11.7 Å². The molecule has 0 amide bonds. The standard InChI is InChI=1S/C15H17N3O2/c1-3-12(16)9(2)15-17-14(18-20-15)11-8-19-13-7-5-4-6-10(11)13/h4-9,12H,3,16H2,1-2H3. The molecule has 20 heavy (non-hydrogen) atoms. The van der Waals surface area contributed by atoms with Crippen LogP contribution < -0.4 is 5.73 Å². The smallest absolute Gasteiger partial charge is 0.231 e. The van der Waals surface area contributed by atoms with E-state index < -0.39 is 0 Å². The van der Waals surface area contributed by atoms with E-state index in [2.05, 4.69) is 10.1 Å². The summed E-state index contributed by atoms with van der Waals surface area (Å²) in [6.45, 7) is 4.04. The van der Waals surface area contributed by atoms with E-state index in [1.54, 1.807) is 6.26 Å². The summed E-state index contributed by atoms with van der Waals surface area (Å²) in [5.41, 5.74) is 7.67. The molecule has 3 aromatic rings. The van der Waals surface area contributed by atoms with Crippen molar-refractivity contribution in [1.29, 1.82) is 0 Å². The SMILES string of the molecule is CCC(N)C(C)c1nc(-c2coc3ccccc23)no1. The minimum absolute atomic E-state index is 0.0180. The molecular weight excluding hydrogens is 254 g/mol. The maximum Gasteiger partial charge on any atom is 0.231 e. The molecule has 1 aromatic carbocycles. The van der Waals surface area contributed by atoms with Gasteiger partial charge in [-0.2, -0.15) is 4.98 Å². The summed E-state index contributed by atoms with van der Waals surface area (Å²) in [7, 11) is 0. The van der Waals surface area contributed by atoms with Crippen LogP contribution >= 0.6 is 0 Å². The van der Waals surface area contributed by atoms with Gasteiger partial charge in [-0.15, -0.1) is 0 Å². The first-order valence-corrected chi connectivity index (χ1v) is 6.76. The van der Waals surface area contributed by atoms with Crippen molar-refractivity contribution in [2.24, 2.45) is 5.73 Å². The van der Waals surface area contributed by atoms with Crippen LogP contribution in [0.3, 0.4) is 0 Å².